The van der Waals surface area contributed by atoms with Crippen molar-refractivity contribution in [3.8, 4) is 0 Å². The first-order valence-corrected chi connectivity index (χ1v) is 8.36. The molecular weight excluding hydrogens is 308 g/mol. The van der Waals surface area contributed by atoms with Crippen LogP contribution in [0.15, 0.2) is 24.3 Å². The zero-order valence-electron chi connectivity index (χ0n) is 12.5. The van der Waals surface area contributed by atoms with Crippen LogP contribution < -0.4 is 0 Å². The summed E-state index contributed by atoms with van der Waals surface area (Å²) in [5.41, 5.74) is 0.216. The molecule has 7 nitrogen and oxygen atoms in total. The Morgan fingerprint density at radius 1 is 1.23 bits per heavy atom. The lowest BCUT2D eigenvalue weighted by Crippen LogP contribution is -2.46. The van der Waals surface area contributed by atoms with Gasteiger partial charge in [0.1, 0.15) is 10.5 Å². The van der Waals surface area contributed by atoms with E-state index in [0.717, 1.165) is 0 Å². The molecule has 1 aromatic carbocycles. The van der Waals surface area contributed by atoms with Crippen LogP contribution in [0.1, 0.15) is 32.3 Å². The van der Waals surface area contributed by atoms with Crippen LogP contribution in [-0.4, -0.2) is 36.5 Å². The third-order valence-electron chi connectivity index (χ3n) is 4.02. The number of nitro groups is 1. The van der Waals surface area contributed by atoms with Gasteiger partial charge in [0.05, 0.1) is 4.92 Å². The van der Waals surface area contributed by atoms with Crippen LogP contribution in [0.25, 0.3) is 0 Å². The van der Waals surface area contributed by atoms with E-state index < -0.39 is 19.7 Å². The Hall–Kier alpha value is -1.80. The maximum Gasteiger partial charge on any atom is 0.269 e. The Balaban J connectivity index is 2.38. The highest BCUT2D eigenvalue weighted by Gasteiger charge is 2.42. The Kier molecular flexibility index (Phi) is 4.35. The van der Waals surface area contributed by atoms with Gasteiger partial charge < -0.3 is 0 Å². The summed E-state index contributed by atoms with van der Waals surface area (Å²) >= 11 is 0. The molecule has 1 fully saturated rings. The normalized spacial score (nSPS) is 17.5. The smallest absolute Gasteiger partial charge is 0.269 e. The van der Waals surface area contributed by atoms with E-state index in [1.807, 2.05) is 0 Å². The van der Waals surface area contributed by atoms with Gasteiger partial charge in [-0.1, -0.05) is 12.1 Å². The van der Waals surface area contributed by atoms with Crippen LogP contribution in [0.2, 0.25) is 0 Å². The van der Waals surface area contributed by atoms with Crippen molar-refractivity contribution in [2.24, 2.45) is 0 Å². The highest BCUT2D eigenvalue weighted by Crippen LogP contribution is 2.34. The summed E-state index contributed by atoms with van der Waals surface area (Å²) in [6.45, 7) is 3.38. The van der Waals surface area contributed by atoms with Crippen molar-refractivity contribution >= 4 is 21.5 Å². The number of nitrogens with zero attached hydrogens (tertiary/aromatic N) is 2. The predicted octanol–water partition coefficient (Wildman–Crippen LogP) is 1.82. The SMILES string of the molecule is CC(C)(c1cccc([N+](=O)[O-])c1)S(=O)(=O)N1CCC(=O)CC1. The monoisotopic (exact) mass is 326 g/mol. The Bertz CT molecular complexity index is 702. The van der Waals surface area contributed by atoms with E-state index >= 15 is 0 Å². The van der Waals surface area contributed by atoms with Gasteiger partial charge in [-0.3, -0.25) is 14.9 Å². The van der Waals surface area contributed by atoms with Crippen LogP contribution in [0.5, 0.6) is 0 Å². The van der Waals surface area contributed by atoms with E-state index in [2.05, 4.69) is 0 Å². The third-order valence-corrected chi connectivity index (χ3v) is 6.59. The average Bonchev–Trinajstić information content (AvgIpc) is 2.47. The fourth-order valence-corrected chi connectivity index (χ4v) is 4.18. The van der Waals surface area contributed by atoms with Gasteiger partial charge >= 0.3 is 0 Å². The number of nitro benzene ring substituents is 1. The summed E-state index contributed by atoms with van der Waals surface area (Å²) < 4.78 is 25.7. The summed E-state index contributed by atoms with van der Waals surface area (Å²) in [5, 5.41) is 10.9. The third kappa shape index (κ3) is 2.89. The minimum Gasteiger partial charge on any atom is -0.300 e. The highest BCUT2D eigenvalue weighted by atomic mass is 32.2. The zero-order valence-corrected chi connectivity index (χ0v) is 13.3. The van der Waals surface area contributed by atoms with Crippen LogP contribution in [0, 0.1) is 10.1 Å². The number of benzene rings is 1. The van der Waals surface area contributed by atoms with Gasteiger partial charge in [-0.25, -0.2) is 12.7 Å². The average molecular weight is 326 g/mol. The van der Waals surface area contributed by atoms with Crippen LogP contribution in [0.3, 0.4) is 0 Å². The molecule has 0 aliphatic carbocycles. The minimum atomic E-state index is -3.72. The van der Waals surface area contributed by atoms with Gasteiger partial charge in [-0.15, -0.1) is 0 Å². The number of ketones is 1. The first kappa shape index (κ1) is 16.6. The van der Waals surface area contributed by atoms with Crippen LogP contribution in [-0.2, 0) is 19.6 Å². The molecule has 0 amide bonds. The molecule has 0 bridgehead atoms. The van der Waals surface area contributed by atoms with Crippen LogP contribution >= 0.6 is 0 Å². The summed E-state index contributed by atoms with van der Waals surface area (Å²) in [5.74, 6) is 0.0552. The molecule has 0 unspecified atom stereocenters. The van der Waals surface area contributed by atoms with Gasteiger partial charge in [-0.05, 0) is 19.4 Å². The van der Waals surface area contributed by atoms with E-state index in [-0.39, 0.29) is 37.4 Å². The van der Waals surface area contributed by atoms with Gasteiger partial charge in [0.15, 0.2) is 0 Å². The maximum absolute atomic E-state index is 12.8. The van der Waals surface area contributed by atoms with E-state index in [1.54, 1.807) is 6.07 Å². The molecule has 120 valence electrons. The first-order chi connectivity index (χ1) is 10.2. The number of rotatable bonds is 4. The first-order valence-electron chi connectivity index (χ1n) is 6.92. The minimum absolute atomic E-state index is 0.0552. The molecule has 1 aromatic rings. The van der Waals surface area contributed by atoms with Gasteiger partial charge in [0, 0.05) is 38.1 Å². The summed E-state index contributed by atoms with van der Waals surface area (Å²) in [4.78, 5) is 21.6. The fraction of sp³-hybridized carbons (Fsp3) is 0.500. The van der Waals surface area contributed by atoms with E-state index in [4.69, 9.17) is 0 Å². The Morgan fingerprint density at radius 2 is 1.82 bits per heavy atom. The van der Waals surface area contributed by atoms with Gasteiger partial charge in [0.25, 0.3) is 5.69 Å². The lowest BCUT2D eigenvalue weighted by atomic mass is 10.0. The molecule has 1 aliphatic rings. The van der Waals surface area contributed by atoms with Crippen molar-refractivity contribution in [3.63, 3.8) is 0 Å². The number of piperidine rings is 1. The number of non-ortho nitro benzene ring substituents is 1. The molecule has 22 heavy (non-hydrogen) atoms. The molecule has 2 rings (SSSR count). The second kappa shape index (κ2) is 5.77. The van der Waals surface area contributed by atoms with Gasteiger partial charge in [0.2, 0.25) is 10.0 Å². The van der Waals surface area contributed by atoms with Gasteiger partial charge in [-0.2, -0.15) is 0 Å². The number of hydrogen-bond donors (Lipinski definition) is 0. The van der Waals surface area contributed by atoms with Crippen molar-refractivity contribution in [1.82, 2.24) is 4.31 Å². The fourth-order valence-electron chi connectivity index (χ4n) is 2.44. The second-order valence-corrected chi connectivity index (χ2v) is 8.25. The summed E-state index contributed by atoms with van der Waals surface area (Å²) in [6.07, 6.45) is 0.425. The van der Waals surface area contributed by atoms with Crippen LogP contribution in [0.4, 0.5) is 5.69 Å². The molecule has 0 aromatic heterocycles. The number of hydrogen-bond acceptors (Lipinski definition) is 5. The Labute approximate surface area is 129 Å². The lowest BCUT2D eigenvalue weighted by molar-refractivity contribution is -0.384. The summed E-state index contributed by atoms with van der Waals surface area (Å²) in [7, 11) is -3.72. The molecule has 1 saturated heterocycles. The van der Waals surface area contributed by atoms with Crippen molar-refractivity contribution in [2.45, 2.75) is 31.4 Å². The second-order valence-electron chi connectivity index (χ2n) is 5.76. The predicted molar refractivity (Wildman–Crippen MR) is 80.9 cm³/mol. The van der Waals surface area contributed by atoms with E-state index in [9.17, 15) is 23.3 Å². The highest BCUT2D eigenvalue weighted by molar-refractivity contribution is 7.90. The van der Waals surface area contributed by atoms with E-state index in [1.165, 1.54) is 36.4 Å². The van der Waals surface area contributed by atoms with Crippen molar-refractivity contribution in [3.05, 3.63) is 39.9 Å². The Morgan fingerprint density at radius 3 is 2.36 bits per heavy atom. The zero-order chi connectivity index (χ0) is 16.5. The molecular formula is C14H18N2O5S. The number of sulfonamides is 1. The molecule has 1 heterocycles. The molecule has 0 N–H and O–H groups in total. The van der Waals surface area contributed by atoms with Crippen molar-refractivity contribution in [2.75, 3.05) is 13.1 Å². The van der Waals surface area contributed by atoms with Crippen molar-refractivity contribution in [1.29, 1.82) is 0 Å². The van der Waals surface area contributed by atoms with E-state index in [0.29, 0.717) is 5.56 Å². The molecule has 8 heteroatoms. The summed E-state index contributed by atoms with van der Waals surface area (Å²) in [6, 6.07) is 5.66. The lowest BCUT2D eigenvalue weighted by Gasteiger charge is -2.34. The molecule has 1 aliphatic heterocycles. The van der Waals surface area contributed by atoms with Crippen molar-refractivity contribution < 1.29 is 18.1 Å². The number of carbonyl (C=O) groups is 1. The molecule has 0 spiro atoms. The molecule has 0 atom stereocenters. The number of Topliss-reactive ketones (excluding diaryl/α,β-unsaturated/α-hetero) is 1. The maximum atomic E-state index is 12.8. The standard InChI is InChI=1S/C14H18N2O5S/c1-14(2,11-4-3-5-12(10-11)16(18)19)22(20,21)15-8-6-13(17)7-9-15/h3-5,10H,6-9H2,1-2H3. The molecule has 0 radical (unpaired) electrons. The number of carbonyl (C=O) groups excluding carboxylic acids is 1. The largest absolute Gasteiger partial charge is 0.300 e. The quantitative estimate of drug-likeness (QED) is 0.621. The molecule has 0 saturated carbocycles. The topological polar surface area (TPSA) is 97.6 Å².